The van der Waals surface area contributed by atoms with Crippen LogP contribution in [0, 0.1) is 0 Å². The Hall–Kier alpha value is -3.07. The molecule has 1 aliphatic rings. The molecule has 0 N–H and O–H groups in total. The highest BCUT2D eigenvalue weighted by atomic mass is 16.5. The maximum atomic E-state index is 5.44. The van der Waals surface area contributed by atoms with E-state index in [9.17, 15) is 0 Å². The van der Waals surface area contributed by atoms with Crippen LogP contribution in [0.3, 0.4) is 0 Å². The van der Waals surface area contributed by atoms with E-state index in [0.29, 0.717) is 0 Å². The van der Waals surface area contributed by atoms with Crippen molar-refractivity contribution >= 4 is 34.0 Å². The van der Waals surface area contributed by atoms with Gasteiger partial charge in [0, 0.05) is 28.6 Å². The van der Waals surface area contributed by atoms with Gasteiger partial charge in [-0.25, -0.2) is 4.98 Å². The molecule has 0 spiro atoms. The quantitative estimate of drug-likeness (QED) is 0.449. The number of benzene rings is 2. The number of fused-ring (bicyclic) bond motifs is 5. The van der Waals surface area contributed by atoms with E-state index in [1.807, 2.05) is 18.3 Å². The molecule has 0 fully saturated rings. The molecule has 4 aromatic rings. The Morgan fingerprint density at radius 2 is 1.78 bits per heavy atom. The summed E-state index contributed by atoms with van der Waals surface area (Å²) in [5, 5.41) is 2.46. The van der Waals surface area contributed by atoms with Gasteiger partial charge in [-0.1, -0.05) is 30.4 Å². The molecular weight excluding hydrogens is 284 g/mol. The second-order valence-electron chi connectivity index (χ2n) is 5.71. The van der Waals surface area contributed by atoms with Crippen LogP contribution in [-0.2, 0) is 0 Å². The number of nitrogens with zero attached hydrogens (tertiary/aromatic N) is 2. The maximum Gasteiger partial charge on any atom is 0.144 e. The molecule has 0 saturated heterocycles. The average Bonchev–Trinajstić information content (AvgIpc) is 2.83. The van der Waals surface area contributed by atoms with Crippen molar-refractivity contribution in [3.05, 3.63) is 65.9 Å². The predicted molar refractivity (Wildman–Crippen MR) is 94.1 cm³/mol. The van der Waals surface area contributed by atoms with Crippen LogP contribution in [0.4, 0.5) is 0 Å². The first kappa shape index (κ1) is 12.5. The fraction of sp³-hybridized carbons (Fsp3) is 0.0500. The smallest absolute Gasteiger partial charge is 0.144 e. The van der Waals surface area contributed by atoms with Crippen LogP contribution in [0.5, 0.6) is 5.75 Å². The average molecular weight is 298 g/mol. The SMILES string of the molecule is COc1ccc2c3cccc4c3n(c2c1)-c1ncccc1C=C4. The van der Waals surface area contributed by atoms with E-state index in [1.54, 1.807) is 7.11 Å². The second-order valence-corrected chi connectivity index (χ2v) is 5.71. The van der Waals surface area contributed by atoms with Crippen LogP contribution >= 0.6 is 0 Å². The number of rotatable bonds is 1. The van der Waals surface area contributed by atoms with Gasteiger partial charge in [0.2, 0.25) is 0 Å². The molecule has 1 aliphatic heterocycles. The molecule has 5 rings (SSSR count). The van der Waals surface area contributed by atoms with Crippen LogP contribution in [-0.4, -0.2) is 16.7 Å². The van der Waals surface area contributed by atoms with Crippen molar-refractivity contribution in [1.82, 2.24) is 9.55 Å². The Balaban J connectivity index is 2.07. The Kier molecular flexibility index (Phi) is 2.42. The molecule has 3 nitrogen and oxygen atoms in total. The zero-order chi connectivity index (χ0) is 15.4. The Bertz CT molecular complexity index is 1110. The van der Waals surface area contributed by atoms with Gasteiger partial charge in [0.15, 0.2) is 0 Å². The molecular formula is C20H14N2O. The molecule has 0 unspecified atom stereocenters. The number of ether oxygens (including phenoxy) is 1. The molecule has 0 radical (unpaired) electrons. The van der Waals surface area contributed by atoms with Gasteiger partial charge in [0.25, 0.3) is 0 Å². The standard InChI is InChI=1S/C20H14N2O/c1-23-15-9-10-16-17-6-2-4-13-7-8-14-5-3-11-21-20(14)22(19(13)17)18(16)12-15/h2-12H,1H3. The molecule has 2 aromatic heterocycles. The lowest BCUT2D eigenvalue weighted by Gasteiger charge is -2.09. The van der Waals surface area contributed by atoms with E-state index in [0.717, 1.165) is 22.6 Å². The summed E-state index contributed by atoms with van der Waals surface area (Å²) in [6.45, 7) is 0. The van der Waals surface area contributed by atoms with Crippen molar-refractivity contribution in [1.29, 1.82) is 0 Å². The van der Waals surface area contributed by atoms with Crippen molar-refractivity contribution in [2.45, 2.75) is 0 Å². The lowest BCUT2D eigenvalue weighted by atomic mass is 10.1. The highest BCUT2D eigenvalue weighted by Crippen LogP contribution is 2.38. The molecule has 110 valence electrons. The summed E-state index contributed by atoms with van der Waals surface area (Å²) in [4.78, 5) is 4.65. The first-order valence-corrected chi connectivity index (χ1v) is 7.61. The van der Waals surface area contributed by atoms with Gasteiger partial charge in [-0.15, -0.1) is 0 Å². The second kappa shape index (κ2) is 4.46. The molecule has 3 heterocycles. The molecule has 3 heteroatoms. The van der Waals surface area contributed by atoms with Crippen LogP contribution in [0.1, 0.15) is 11.1 Å². The summed E-state index contributed by atoms with van der Waals surface area (Å²) in [5.74, 6) is 1.81. The molecule has 23 heavy (non-hydrogen) atoms. The van der Waals surface area contributed by atoms with Gasteiger partial charge in [0.1, 0.15) is 11.6 Å². The molecule has 0 amide bonds. The topological polar surface area (TPSA) is 27.1 Å². The molecule has 0 aliphatic carbocycles. The lowest BCUT2D eigenvalue weighted by Crippen LogP contribution is -1.99. The molecule has 0 saturated carbocycles. The minimum absolute atomic E-state index is 0.854. The van der Waals surface area contributed by atoms with Gasteiger partial charge in [0.05, 0.1) is 18.1 Å². The van der Waals surface area contributed by atoms with Crippen molar-refractivity contribution in [3.8, 4) is 11.6 Å². The molecule has 0 bridgehead atoms. The van der Waals surface area contributed by atoms with Crippen LogP contribution in [0.2, 0.25) is 0 Å². The van der Waals surface area contributed by atoms with Crippen molar-refractivity contribution in [3.63, 3.8) is 0 Å². The van der Waals surface area contributed by atoms with E-state index in [2.05, 4.69) is 58.1 Å². The summed E-state index contributed by atoms with van der Waals surface area (Å²) < 4.78 is 7.68. The van der Waals surface area contributed by atoms with Crippen LogP contribution in [0.15, 0.2) is 54.7 Å². The highest BCUT2D eigenvalue weighted by Gasteiger charge is 2.19. The maximum absolute atomic E-state index is 5.44. The normalized spacial score (nSPS) is 12.4. The third kappa shape index (κ3) is 1.62. The number of pyridine rings is 1. The minimum atomic E-state index is 0.854. The van der Waals surface area contributed by atoms with Gasteiger partial charge in [-0.05, 0) is 29.8 Å². The van der Waals surface area contributed by atoms with E-state index in [4.69, 9.17) is 4.74 Å². The fourth-order valence-electron chi connectivity index (χ4n) is 3.46. The van der Waals surface area contributed by atoms with Gasteiger partial charge < -0.3 is 4.74 Å². The molecule has 2 aromatic carbocycles. The Labute approximate surface area is 133 Å². The summed E-state index contributed by atoms with van der Waals surface area (Å²) in [6, 6.07) is 16.7. The van der Waals surface area contributed by atoms with Crippen molar-refractivity contribution < 1.29 is 4.74 Å². The Morgan fingerprint density at radius 1 is 0.913 bits per heavy atom. The van der Waals surface area contributed by atoms with Crippen LogP contribution < -0.4 is 4.74 Å². The van der Waals surface area contributed by atoms with Crippen molar-refractivity contribution in [2.75, 3.05) is 7.11 Å². The van der Waals surface area contributed by atoms with Gasteiger partial charge in [-0.3, -0.25) is 4.57 Å². The minimum Gasteiger partial charge on any atom is -0.497 e. The third-order valence-corrected chi connectivity index (χ3v) is 4.50. The van der Waals surface area contributed by atoms with E-state index in [1.165, 1.54) is 21.9 Å². The van der Waals surface area contributed by atoms with E-state index in [-0.39, 0.29) is 0 Å². The number of aromatic nitrogens is 2. The lowest BCUT2D eigenvalue weighted by molar-refractivity contribution is 0.415. The highest BCUT2D eigenvalue weighted by molar-refractivity contribution is 6.13. The fourth-order valence-corrected chi connectivity index (χ4v) is 3.46. The number of para-hydroxylation sites is 1. The summed E-state index contributed by atoms with van der Waals surface area (Å²) in [7, 11) is 1.70. The largest absolute Gasteiger partial charge is 0.497 e. The zero-order valence-electron chi connectivity index (χ0n) is 12.7. The van der Waals surface area contributed by atoms with Gasteiger partial charge >= 0.3 is 0 Å². The predicted octanol–water partition coefficient (Wildman–Crippen LogP) is 4.67. The first-order valence-electron chi connectivity index (χ1n) is 7.61. The first-order chi connectivity index (χ1) is 11.4. The van der Waals surface area contributed by atoms with Crippen molar-refractivity contribution in [2.24, 2.45) is 0 Å². The van der Waals surface area contributed by atoms with E-state index < -0.39 is 0 Å². The van der Waals surface area contributed by atoms with Gasteiger partial charge in [-0.2, -0.15) is 0 Å². The molecule has 0 atom stereocenters. The summed E-state index contributed by atoms with van der Waals surface area (Å²) in [6.07, 6.45) is 6.15. The van der Waals surface area contributed by atoms with E-state index >= 15 is 0 Å². The number of methoxy groups -OCH3 is 1. The monoisotopic (exact) mass is 298 g/mol. The summed E-state index contributed by atoms with van der Waals surface area (Å²) >= 11 is 0. The number of hydrogen-bond acceptors (Lipinski definition) is 2. The number of hydrogen-bond donors (Lipinski definition) is 0. The Morgan fingerprint density at radius 3 is 2.70 bits per heavy atom. The van der Waals surface area contributed by atoms with Crippen LogP contribution in [0.25, 0.3) is 39.8 Å². The zero-order valence-corrected chi connectivity index (χ0v) is 12.7. The third-order valence-electron chi connectivity index (χ3n) is 4.50. The summed E-state index contributed by atoms with van der Waals surface area (Å²) in [5.41, 5.74) is 4.64.